The molecule has 2 saturated carbocycles. The molecule has 0 bridgehead atoms. The summed E-state index contributed by atoms with van der Waals surface area (Å²) in [7, 11) is 0. The lowest BCUT2D eigenvalue weighted by molar-refractivity contribution is -0.139. The van der Waals surface area contributed by atoms with Gasteiger partial charge in [0.05, 0.1) is 0 Å². The number of carbonyl (C=O) groups is 1. The second-order valence-corrected chi connectivity index (χ2v) is 7.80. The van der Waals surface area contributed by atoms with Crippen LogP contribution in [0.5, 0.6) is 0 Å². The van der Waals surface area contributed by atoms with E-state index in [4.69, 9.17) is 5.73 Å². The average molecular weight is 364 g/mol. The van der Waals surface area contributed by atoms with Gasteiger partial charge in [-0.2, -0.15) is 0 Å². The predicted molar refractivity (Wildman–Crippen MR) is 97.2 cm³/mol. The van der Waals surface area contributed by atoms with Crippen LogP contribution in [0.1, 0.15) is 44.9 Å². The van der Waals surface area contributed by atoms with Crippen molar-refractivity contribution in [2.24, 2.45) is 23.5 Å². The van der Waals surface area contributed by atoms with Crippen LogP contribution in [0.4, 0.5) is 0 Å². The monoisotopic (exact) mass is 363 g/mol. The first-order chi connectivity index (χ1) is 10.2. The minimum absolute atomic E-state index is 0. The summed E-state index contributed by atoms with van der Waals surface area (Å²) in [6.45, 7) is 4.25. The van der Waals surface area contributed by atoms with Crippen molar-refractivity contribution in [3.63, 3.8) is 0 Å². The third-order valence-corrected chi connectivity index (χ3v) is 6.42. The van der Waals surface area contributed by atoms with E-state index >= 15 is 0 Å². The zero-order chi connectivity index (χ0) is 14.4. The van der Waals surface area contributed by atoms with E-state index in [2.05, 4.69) is 9.80 Å². The maximum absolute atomic E-state index is 12.3. The molecule has 0 aromatic carbocycles. The first-order valence-corrected chi connectivity index (χ1v) is 9.01. The van der Waals surface area contributed by atoms with E-state index in [-0.39, 0.29) is 24.8 Å². The van der Waals surface area contributed by atoms with E-state index < -0.39 is 0 Å². The molecule has 134 valence electrons. The Morgan fingerprint density at radius 2 is 1.57 bits per heavy atom. The van der Waals surface area contributed by atoms with Crippen molar-refractivity contribution in [2.75, 3.05) is 26.2 Å². The zero-order valence-corrected chi connectivity index (χ0v) is 15.5. The molecule has 1 amide bonds. The van der Waals surface area contributed by atoms with Crippen LogP contribution in [0.2, 0.25) is 0 Å². The minimum Gasteiger partial charge on any atom is -0.342 e. The Hall–Kier alpha value is -0.0300. The van der Waals surface area contributed by atoms with Gasteiger partial charge >= 0.3 is 0 Å². The summed E-state index contributed by atoms with van der Waals surface area (Å²) < 4.78 is 0. The van der Waals surface area contributed by atoms with E-state index in [1.54, 1.807) is 0 Å². The van der Waals surface area contributed by atoms with E-state index in [1.165, 1.54) is 25.8 Å². The summed E-state index contributed by atoms with van der Waals surface area (Å²) in [4.78, 5) is 17.1. The van der Waals surface area contributed by atoms with Crippen LogP contribution in [-0.2, 0) is 4.79 Å². The summed E-state index contributed by atoms with van der Waals surface area (Å²) in [6.07, 6.45) is 8.62. The Labute approximate surface area is 152 Å². The highest BCUT2D eigenvalue weighted by atomic mass is 35.5. The van der Waals surface area contributed by atoms with Crippen LogP contribution in [0.25, 0.3) is 0 Å². The SMILES string of the molecule is Cl.Cl.N[C@H]1CN(C2CCN(C(=O)C3CCC3)CC2)C[C@@H]1C1CC1. The third kappa shape index (κ3) is 3.97. The van der Waals surface area contributed by atoms with Crippen LogP contribution < -0.4 is 5.73 Å². The summed E-state index contributed by atoms with van der Waals surface area (Å²) in [5.41, 5.74) is 6.35. The van der Waals surface area contributed by atoms with Gasteiger partial charge in [0, 0.05) is 44.2 Å². The lowest BCUT2D eigenvalue weighted by Crippen LogP contribution is -2.48. The van der Waals surface area contributed by atoms with Crippen molar-refractivity contribution in [3.05, 3.63) is 0 Å². The normalized spacial score (nSPS) is 32.8. The molecule has 2 aliphatic carbocycles. The molecule has 2 saturated heterocycles. The Kier molecular flexibility index (Phi) is 6.63. The van der Waals surface area contributed by atoms with Gasteiger partial charge in [0.1, 0.15) is 0 Å². The molecule has 0 unspecified atom stereocenters. The molecule has 4 fully saturated rings. The van der Waals surface area contributed by atoms with Gasteiger partial charge in [-0.25, -0.2) is 0 Å². The molecule has 4 nitrogen and oxygen atoms in total. The second-order valence-electron chi connectivity index (χ2n) is 7.80. The molecular formula is C17H31Cl2N3O. The van der Waals surface area contributed by atoms with Crippen molar-refractivity contribution >= 4 is 30.7 Å². The zero-order valence-electron chi connectivity index (χ0n) is 13.9. The Morgan fingerprint density at radius 1 is 0.913 bits per heavy atom. The first-order valence-electron chi connectivity index (χ1n) is 9.01. The molecule has 2 heterocycles. The van der Waals surface area contributed by atoms with Crippen LogP contribution in [0.15, 0.2) is 0 Å². The third-order valence-electron chi connectivity index (χ3n) is 6.42. The number of likely N-dealkylation sites (tertiary alicyclic amines) is 2. The van der Waals surface area contributed by atoms with E-state index in [0.717, 1.165) is 57.2 Å². The van der Waals surface area contributed by atoms with Gasteiger partial charge in [0.15, 0.2) is 0 Å². The second kappa shape index (κ2) is 7.90. The van der Waals surface area contributed by atoms with Gasteiger partial charge in [-0.1, -0.05) is 6.42 Å². The standard InChI is InChI=1S/C17H29N3O.2ClH/c18-16-11-20(10-15(16)12-4-5-12)14-6-8-19(9-7-14)17(21)13-2-1-3-13;;/h12-16H,1-11,18H2;2*1H/t15-,16+;;/m1../s1. The molecule has 2 atom stereocenters. The molecule has 0 aromatic rings. The quantitative estimate of drug-likeness (QED) is 0.836. The number of carbonyl (C=O) groups excluding carboxylic acids is 1. The van der Waals surface area contributed by atoms with E-state index in [9.17, 15) is 4.79 Å². The van der Waals surface area contributed by atoms with Gasteiger partial charge in [0.25, 0.3) is 0 Å². The number of rotatable bonds is 3. The fourth-order valence-electron chi connectivity index (χ4n) is 4.57. The molecular weight excluding hydrogens is 333 g/mol. The maximum Gasteiger partial charge on any atom is 0.225 e. The van der Waals surface area contributed by atoms with Gasteiger partial charge < -0.3 is 10.6 Å². The number of piperidine rings is 1. The molecule has 4 rings (SSSR count). The fourth-order valence-corrected chi connectivity index (χ4v) is 4.57. The van der Waals surface area contributed by atoms with Crippen LogP contribution >= 0.6 is 24.8 Å². The van der Waals surface area contributed by atoms with Crippen LogP contribution in [0, 0.1) is 17.8 Å². The largest absolute Gasteiger partial charge is 0.342 e. The number of hydrogen-bond acceptors (Lipinski definition) is 3. The molecule has 23 heavy (non-hydrogen) atoms. The molecule has 6 heteroatoms. The highest BCUT2D eigenvalue weighted by Crippen LogP contribution is 2.41. The van der Waals surface area contributed by atoms with Gasteiger partial charge in [-0.05, 0) is 50.4 Å². The van der Waals surface area contributed by atoms with Crippen molar-refractivity contribution in [1.29, 1.82) is 0 Å². The smallest absolute Gasteiger partial charge is 0.225 e. The average Bonchev–Trinajstić information content (AvgIpc) is 3.20. The van der Waals surface area contributed by atoms with Crippen molar-refractivity contribution in [2.45, 2.75) is 57.0 Å². The van der Waals surface area contributed by atoms with Crippen molar-refractivity contribution < 1.29 is 4.79 Å². The maximum atomic E-state index is 12.3. The predicted octanol–water partition coefficient (Wildman–Crippen LogP) is 2.29. The summed E-state index contributed by atoms with van der Waals surface area (Å²) >= 11 is 0. The number of amides is 1. The highest BCUT2D eigenvalue weighted by molar-refractivity contribution is 5.85. The van der Waals surface area contributed by atoms with Gasteiger partial charge in [-0.15, -0.1) is 24.8 Å². The van der Waals surface area contributed by atoms with Crippen LogP contribution in [0.3, 0.4) is 0 Å². The first kappa shape index (κ1) is 19.3. The molecule has 2 aliphatic heterocycles. The van der Waals surface area contributed by atoms with Crippen molar-refractivity contribution in [3.8, 4) is 0 Å². The van der Waals surface area contributed by atoms with Crippen molar-refractivity contribution in [1.82, 2.24) is 9.80 Å². The molecule has 0 radical (unpaired) electrons. The number of hydrogen-bond donors (Lipinski definition) is 1. The fraction of sp³-hybridized carbons (Fsp3) is 0.941. The van der Waals surface area contributed by atoms with E-state index in [0.29, 0.717) is 23.9 Å². The Morgan fingerprint density at radius 3 is 2.09 bits per heavy atom. The Bertz CT molecular complexity index is 407. The molecule has 2 N–H and O–H groups in total. The molecule has 0 aromatic heterocycles. The summed E-state index contributed by atoms with van der Waals surface area (Å²) in [5.74, 6) is 2.47. The Balaban J connectivity index is 0.000000960. The topological polar surface area (TPSA) is 49.6 Å². The number of nitrogens with two attached hydrogens (primary N) is 1. The van der Waals surface area contributed by atoms with Gasteiger partial charge in [0.2, 0.25) is 5.91 Å². The molecule has 4 aliphatic rings. The number of nitrogens with zero attached hydrogens (tertiary/aromatic N) is 2. The van der Waals surface area contributed by atoms with E-state index in [1.807, 2.05) is 0 Å². The van der Waals surface area contributed by atoms with Gasteiger partial charge in [-0.3, -0.25) is 9.69 Å². The number of halogens is 2. The minimum atomic E-state index is 0. The lowest BCUT2D eigenvalue weighted by atomic mass is 9.84. The molecule has 0 spiro atoms. The van der Waals surface area contributed by atoms with Crippen LogP contribution in [-0.4, -0.2) is 54.0 Å². The highest BCUT2D eigenvalue weighted by Gasteiger charge is 2.43. The summed E-state index contributed by atoms with van der Waals surface area (Å²) in [6, 6.07) is 1.07. The lowest BCUT2D eigenvalue weighted by Gasteiger charge is -2.39. The summed E-state index contributed by atoms with van der Waals surface area (Å²) in [5, 5.41) is 0.